The average molecular weight is 566 g/mol. The second-order valence-corrected chi connectivity index (χ2v) is 10.0. The average Bonchev–Trinajstić information content (AvgIpc) is 3.07. The third kappa shape index (κ3) is 6.31. The molecule has 0 radical (unpaired) electrons. The van der Waals surface area contributed by atoms with E-state index in [1.165, 1.54) is 18.9 Å². The molecular weight excluding hydrogens is 540 g/mol. The predicted molar refractivity (Wildman–Crippen MR) is 143 cm³/mol. The van der Waals surface area contributed by atoms with Gasteiger partial charge < -0.3 is 19.5 Å². The van der Waals surface area contributed by atoms with Crippen LogP contribution in [0.4, 0.5) is 5.69 Å². The lowest BCUT2D eigenvalue weighted by Gasteiger charge is -2.18. The largest absolute Gasteiger partial charge is 0.494 e. The molecule has 3 rings (SSSR count). The summed E-state index contributed by atoms with van der Waals surface area (Å²) in [6, 6.07) is 10.6. The van der Waals surface area contributed by atoms with E-state index in [4.69, 9.17) is 26.4 Å². The van der Waals surface area contributed by atoms with Crippen LogP contribution in [0.2, 0.25) is 0 Å². The van der Waals surface area contributed by atoms with Crippen molar-refractivity contribution in [2.75, 3.05) is 25.6 Å². The van der Waals surface area contributed by atoms with E-state index >= 15 is 0 Å². The molecular formula is C24H25BrN2O5S2. The fourth-order valence-corrected chi connectivity index (χ4v) is 5.27. The number of halogens is 1. The Morgan fingerprint density at radius 1 is 1.24 bits per heavy atom. The van der Waals surface area contributed by atoms with Gasteiger partial charge in [-0.2, -0.15) is 0 Å². The molecule has 1 aliphatic rings. The summed E-state index contributed by atoms with van der Waals surface area (Å²) in [6.45, 7) is 6.11. The second-order valence-electron chi connectivity index (χ2n) is 7.47. The van der Waals surface area contributed by atoms with E-state index in [1.54, 1.807) is 47.4 Å². The Kier molecular flexibility index (Phi) is 8.98. The molecule has 34 heavy (non-hydrogen) atoms. The molecule has 0 spiro atoms. The number of thioether (sulfide) groups is 1. The minimum Gasteiger partial charge on any atom is -0.494 e. The number of hydrogen-bond donors (Lipinski definition) is 1. The first-order chi connectivity index (χ1) is 16.2. The van der Waals surface area contributed by atoms with Crippen molar-refractivity contribution in [2.45, 2.75) is 26.8 Å². The summed E-state index contributed by atoms with van der Waals surface area (Å²) in [5.41, 5.74) is 1.37. The number of carbonyl (C=O) groups is 2. The van der Waals surface area contributed by atoms with E-state index in [0.717, 1.165) is 11.3 Å². The highest BCUT2D eigenvalue weighted by molar-refractivity contribution is 9.10. The molecule has 0 aliphatic carbocycles. The second kappa shape index (κ2) is 11.7. The maximum atomic E-state index is 12.7. The van der Waals surface area contributed by atoms with Crippen molar-refractivity contribution in [1.82, 2.24) is 4.90 Å². The number of anilines is 1. The molecule has 180 valence electrons. The van der Waals surface area contributed by atoms with Gasteiger partial charge in [-0.25, -0.2) is 0 Å². The van der Waals surface area contributed by atoms with E-state index in [9.17, 15) is 9.59 Å². The van der Waals surface area contributed by atoms with Gasteiger partial charge in [0.05, 0.1) is 23.1 Å². The molecule has 0 atom stereocenters. The van der Waals surface area contributed by atoms with Gasteiger partial charge >= 0.3 is 0 Å². The van der Waals surface area contributed by atoms with Crippen LogP contribution in [0.15, 0.2) is 45.8 Å². The topological polar surface area (TPSA) is 77.1 Å². The van der Waals surface area contributed by atoms with Gasteiger partial charge in [0.25, 0.3) is 11.8 Å². The summed E-state index contributed by atoms with van der Waals surface area (Å²) >= 11 is 10.1. The van der Waals surface area contributed by atoms with Crippen LogP contribution in [0, 0.1) is 0 Å². The van der Waals surface area contributed by atoms with Crippen LogP contribution in [0.3, 0.4) is 0 Å². The van der Waals surface area contributed by atoms with Gasteiger partial charge in [-0.15, -0.1) is 0 Å². The van der Waals surface area contributed by atoms with E-state index in [2.05, 4.69) is 21.2 Å². The van der Waals surface area contributed by atoms with E-state index < -0.39 is 0 Å². The molecule has 0 unspecified atom stereocenters. The van der Waals surface area contributed by atoms with Gasteiger partial charge in [0.1, 0.15) is 10.1 Å². The maximum absolute atomic E-state index is 12.7. The van der Waals surface area contributed by atoms with Crippen molar-refractivity contribution in [3.8, 4) is 17.2 Å². The van der Waals surface area contributed by atoms with E-state index in [-0.39, 0.29) is 24.5 Å². The van der Waals surface area contributed by atoms with Crippen molar-refractivity contribution in [3.63, 3.8) is 0 Å². The summed E-state index contributed by atoms with van der Waals surface area (Å²) < 4.78 is 17.7. The highest BCUT2D eigenvalue weighted by Gasteiger charge is 2.33. The first-order valence-corrected chi connectivity index (χ1v) is 12.5. The molecule has 1 N–H and O–H groups in total. The maximum Gasteiger partial charge on any atom is 0.266 e. The van der Waals surface area contributed by atoms with Crippen LogP contribution in [0.25, 0.3) is 6.08 Å². The third-order valence-electron chi connectivity index (χ3n) is 4.69. The summed E-state index contributed by atoms with van der Waals surface area (Å²) in [7, 11) is 1.51. The van der Waals surface area contributed by atoms with Gasteiger partial charge in [-0.1, -0.05) is 24.0 Å². The number of amides is 2. The smallest absolute Gasteiger partial charge is 0.266 e. The van der Waals surface area contributed by atoms with Crippen LogP contribution >= 0.6 is 39.9 Å². The monoisotopic (exact) mass is 564 g/mol. The number of ether oxygens (including phenoxy) is 3. The Bertz CT molecular complexity index is 1120. The number of rotatable bonds is 9. The zero-order valence-corrected chi connectivity index (χ0v) is 22.4. The van der Waals surface area contributed by atoms with Gasteiger partial charge in [0.2, 0.25) is 0 Å². The van der Waals surface area contributed by atoms with Crippen LogP contribution in [-0.2, 0) is 9.59 Å². The third-order valence-corrected chi connectivity index (χ3v) is 6.61. The minimum atomic E-state index is -0.320. The highest BCUT2D eigenvalue weighted by atomic mass is 79.9. The lowest BCUT2D eigenvalue weighted by Crippen LogP contribution is -2.34. The van der Waals surface area contributed by atoms with Crippen molar-refractivity contribution < 1.29 is 23.8 Å². The van der Waals surface area contributed by atoms with Crippen LogP contribution in [-0.4, -0.2) is 47.4 Å². The summed E-state index contributed by atoms with van der Waals surface area (Å²) in [5, 5.41) is 2.78. The Labute approximate surface area is 216 Å². The molecule has 0 saturated carbocycles. The quantitative estimate of drug-likeness (QED) is 0.319. The van der Waals surface area contributed by atoms with Crippen LogP contribution in [0.5, 0.6) is 17.2 Å². The predicted octanol–water partition coefficient (Wildman–Crippen LogP) is 5.48. The number of hydrogen-bond acceptors (Lipinski definition) is 7. The van der Waals surface area contributed by atoms with Gasteiger partial charge in [0.15, 0.2) is 18.1 Å². The van der Waals surface area contributed by atoms with E-state index in [1.807, 2.05) is 20.8 Å². The molecule has 1 fully saturated rings. The van der Waals surface area contributed by atoms with Crippen molar-refractivity contribution in [3.05, 3.63) is 51.3 Å². The molecule has 1 saturated heterocycles. The van der Waals surface area contributed by atoms with E-state index in [0.29, 0.717) is 37.5 Å². The number of benzene rings is 2. The number of nitrogens with one attached hydrogen (secondary N) is 1. The summed E-state index contributed by atoms with van der Waals surface area (Å²) in [5.74, 6) is 1.10. The first-order valence-electron chi connectivity index (χ1n) is 10.5. The molecule has 2 aromatic rings. The Balaban J connectivity index is 1.69. The molecule has 0 aromatic heterocycles. The molecule has 2 amide bonds. The zero-order valence-electron chi connectivity index (χ0n) is 19.2. The minimum absolute atomic E-state index is 0.00999. The molecule has 7 nitrogen and oxygen atoms in total. The Morgan fingerprint density at radius 3 is 2.53 bits per heavy atom. The first kappa shape index (κ1) is 26.1. The number of carbonyl (C=O) groups excluding carboxylic acids is 2. The fraction of sp³-hybridized carbons (Fsp3) is 0.292. The van der Waals surface area contributed by atoms with Crippen LogP contribution in [0.1, 0.15) is 26.3 Å². The molecule has 10 heteroatoms. The Morgan fingerprint density at radius 2 is 1.94 bits per heavy atom. The van der Waals surface area contributed by atoms with Gasteiger partial charge in [-0.3, -0.25) is 14.5 Å². The van der Waals surface area contributed by atoms with Gasteiger partial charge in [-0.05, 0) is 84.7 Å². The summed E-state index contributed by atoms with van der Waals surface area (Å²) in [6.07, 6.45) is 1.76. The molecule has 1 heterocycles. The number of thiocarbonyl (C=S) groups is 1. The fourth-order valence-electron chi connectivity index (χ4n) is 3.18. The van der Waals surface area contributed by atoms with Crippen molar-refractivity contribution >= 4 is 67.8 Å². The molecule has 1 aliphatic heterocycles. The summed E-state index contributed by atoms with van der Waals surface area (Å²) in [4.78, 5) is 27.2. The highest BCUT2D eigenvalue weighted by Crippen LogP contribution is 2.39. The SMILES string of the molecule is CCOc1ccc(NC(=O)COc2c(Br)cc(/C=C3\SC(=S)N(C(C)C)C3=O)cc2OC)cc1. The van der Waals surface area contributed by atoms with Crippen LogP contribution < -0.4 is 19.5 Å². The number of methoxy groups -OCH3 is 1. The van der Waals surface area contributed by atoms with Crippen molar-refractivity contribution in [1.29, 1.82) is 0 Å². The number of nitrogens with zero attached hydrogens (tertiary/aromatic N) is 1. The van der Waals surface area contributed by atoms with Gasteiger partial charge in [0, 0.05) is 11.7 Å². The lowest BCUT2D eigenvalue weighted by atomic mass is 10.1. The zero-order chi connectivity index (χ0) is 24.8. The standard InChI is InChI=1S/C24H25BrN2O5S2/c1-5-31-17-8-6-16(7-9-17)26-21(28)13-32-22-18(25)10-15(11-19(22)30-4)12-20-23(29)27(14(2)3)24(33)34-20/h6-12,14H,5,13H2,1-4H3,(H,26,28)/b20-12-. The Hall–Kier alpha value is -2.56. The molecule has 0 bridgehead atoms. The van der Waals surface area contributed by atoms with Crippen molar-refractivity contribution in [2.24, 2.45) is 0 Å². The normalized spacial score (nSPS) is 14.6. The lowest BCUT2D eigenvalue weighted by molar-refractivity contribution is -0.123. The molecule has 2 aromatic carbocycles.